The van der Waals surface area contributed by atoms with Crippen LogP contribution in [0.2, 0.25) is 0 Å². The monoisotopic (exact) mass is 340 g/mol. The van der Waals surface area contributed by atoms with Gasteiger partial charge in [-0.2, -0.15) is 16.9 Å². The Hall–Kier alpha value is -1.15. The number of nitrogens with zero attached hydrogens (tertiary/aromatic N) is 4. The highest BCUT2D eigenvalue weighted by Gasteiger charge is 2.39. The molecule has 1 aromatic rings. The number of carbonyl (C=O) groups excluding carboxylic acids is 2. The van der Waals surface area contributed by atoms with E-state index in [0.717, 1.165) is 24.6 Å². The summed E-state index contributed by atoms with van der Waals surface area (Å²) in [6.45, 7) is 3.42. The van der Waals surface area contributed by atoms with E-state index in [1.807, 2.05) is 23.6 Å². The van der Waals surface area contributed by atoms with Crippen LogP contribution >= 0.6 is 23.5 Å². The minimum Gasteiger partial charge on any atom is -0.339 e. The summed E-state index contributed by atoms with van der Waals surface area (Å²) >= 11 is 3.53. The van der Waals surface area contributed by atoms with Gasteiger partial charge in [0.05, 0.1) is 5.88 Å². The van der Waals surface area contributed by atoms with Crippen LogP contribution in [0.5, 0.6) is 0 Å². The van der Waals surface area contributed by atoms with Crippen LogP contribution in [0.25, 0.3) is 0 Å². The smallest absolute Gasteiger partial charge is 0.248 e. The van der Waals surface area contributed by atoms with Crippen LogP contribution in [0.3, 0.4) is 0 Å². The molecule has 22 heavy (non-hydrogen) atoms. The van der Waals surface area contributed by atoms with Gasteiger partial charge in [-0.1, -0.05) is 0 Å². The van der Waals surface area contributed by atoms with Crippen LogP contribution < -0.4 is 0 Å². The molecule has 0 aromatic carbocycles. The molecule has 6 nitrogen and oxygen atoms in total. The molecular weight excluding hydrogens is 320 g/mol. The van der Waals surface area contributed by atoms with E-state index in [1.165, 1.54) is 0 Å². The van der Waals surface area contributed by atoms with Gasteiger partial charge in [-0.3, -0.25) is 14.3 Å². The molecule has 3 rings (SSSR count). The van der Waals surface area contributed by atoms with Crippen molar-refractivity contribution in [1.82, 2.24) is 19.6 Å². The van der Waals surface area contributed by atoms with Gasteiger partial charge >= 0.3 is 0 Å². The highest BCUT2D eigenvalue weighted by Crippen LogP contribution is 2.26. The second kappa shape index (κ2) is 6.95. The van der Waals surface area contributed by atoms with Crippen LogP contribution in [0, 0.1) is 0 Å². The van der Waals surface area contributed by atoms with E-state index in [0.29, 0.717) is 11.6 Å². The van der Waals surface area contributed by atoms with Crippen molar-refractivity contribution in [2.24, 2.45) is 0 Å². The van der Waals surface area contributed by atoms with Crippen molar-refractivity contribution >= 4 is 35.3 Å². The molecule has 3 heterocycles. The Bertz CT molecular complexity index is 531. The van der Waals surface area contributed by atoms with Crippen LogP contribution in [0.4, 0.5) is 0 Å². The normalized spacial score (nSPS) is 23.6. The first-order valence-corrected chi connectivity index (χ1v) is 9.73. The lowest BCUT2D eigenvalue weighted by molar-refractivity contribution is -0.144. The molecule has 2 atom stereocenters. The molecule has 0 radical (unpaired) electrons. The van der Waals surface area contributed by atoms with Crippen LogP contribution in [-0.4, -0.2) is 73.7 Å². The molecule has 0 bridgehead atoms. The summed E-state index contributed by atoms with van der Waals surface area (Å²) in [5.74, 6) is 3.33. The molecule has 2 amide bonds. The van der Waals surface area contributed by atoms with Gasteiger partial charge < -0.3 is 9.80 Å². The number of thioether (sulfide) groups is 2. The number of hydrogen-bond acceptors (Lipinski definition) is 5. The van der Waals surface area contributed by atoms with Gasteiger partial charge in [0, 0.05) is 42.7 Å². The molecule has 1 aromatic heterocycles. The van der Waals surface area contributed by atoms with Crippen molar-refractivity contribution in [1.29, 1.82) is 0 Å². The van der Waals surface area contributed by atoms with Crippen LogP contribution in [0.1, 0.15) is 13.0 Å². The average Bonchev–Trinajstić information content (AvgIpc) is 3.24. The Balaban J connectivity index is 1.69. The average molecular weight is 340 g/mol. The van der Waals surface area contributed by atoms with Gasteiger partial charge in [-0.05, 0) is 13.0 Å². The quantitative estimate of drug-likeness (QED) is 0.819. The fourth-order valence-corrected chi connectivity index (χ4v) is 4.78. The number of amides is 2. The first-order valence-electron chi connectivity index (χ1n) is 7.42. The second-order valence-corrected chi connectivity index (χ2v) is 7.65. The minimum absolute atomic E-state index is 0.0292. The topological polar surface area (TPSA) is 58.4 Å². The number of hydrogen-bond donors (Lipinski definition) is 0. The molecule has 120 valence electrons. The van der Waals surface area contributed by atoms with E-state index >= 15 is 0 Å². The third-order valence-electron chi connectivity index (χ3n) is 4.05. The van der Waals surface area contributed by atoms with E-state index in [-0.39, 0.29) is 23.9 Å². The molecule has 0 N–H and O–H groups in total. The molecular formula is C14H20N4O2S2. The molecule has 0 saturated carbocycles. The highest BCUT2D eigenvalue weighted by atomic mass is 32.2. The number of carbonyl (C=O) groups is 2. The summed E-state index contributed by atoms with van der Waals surface area (Å²) in [5.41, 5.74) is 0. The van der Waals surface area contributed by atoms with E-state index in [1.54, 1.807) is 39.8 Å². The van der Waals surface area contributed by atoms with Gasteiger partial charge in [-0.15, -0.1) is 11.8 Å². The minimum atomic E-state index is -0.374. The summed E-state index contributed by atoms with van der Waals surface area (Å²) in [4.78, 5) is 29.1. The molecule has 0 unspecified atom stereocenters. The van der Waals surface area contributed by atoms with E-state index in [9.17, 15) is 9.59 Å². The third-order valence-corrected chi connectivity index (χ3v) is 6.01. The zero-order valence-electron chi connectivity index (χ0n) is 12.6. The largest absolute Gasteiger partial charge is 0.339 e. The zero-order valence-corrected chi connectivity index (χ0v) is 14.2. The Labute approximate surface area is 138 Å². The predicted molar refractivity (Wildman–Crippen MR) is 88.8 cm³/mol. The number of rotatable bonds is 3. The molecule has 2 saturated heterocycles. The van der Waals surface area contributed by atoms with Crippen molar-refractivity contribution in [3.63, 3.8) is 0 Å². The maximum absolute atomic E-state index is 12.7. The lowest BCUT2D eigenvalue weighted by Crippen LogP contribution is -2.52. The Morgan fingerprint density at radius 1 is 1.27 bits per heavy atom. The van der Waals surface area contributed by atoms with Crippen molar-refractivity contribution in [3.05, 3.63) is 18.5 Å². The third kappa shape index (κ3) is 3.12. The molecule has 0 aliphatic carbocycles. The van der Waals surface area contributed by atoms with Crippen molar-refractivity contribution in [2.45, 2.75) is 19.0 Å². The van der Waals surface area contributed by atoms with Crippen molar-refractivity contribution < 1.29 is 9.59 Å². The molecule has 8 heteroatoms. The van der Waals surface area contributed by atoms with Crippen LogP contribution in [0.15, 0.2) is 18.5 Å². The van der Waals surface area contributed by atoms with E-state index in [2.05, 4.69) is 5.10 Å². The highest BCUT2D eigenvalue weighted by molar-refractivity contribution is 7.99. The molecule has 0 spiro atoms. The second-order valence-electron chi connectivity index (χ2n) is 5.42. The first-order chi connectivity index (χ1) is 10.7. The van der Waals surface area contributed by atoms with E-state index in [4.69, 9.17) is 0 Å². The van der Waals surface area contributed by atoms with Crippen molar-refractivity contribution in [2.75, 3.05) is 36.2 Å². The van der Waals surface area contributed by atoms with Crippen LogP contribution in [-0.2, 0) is 9.59 Å². The molecule has 2 aliphatic heterocycles. The summed E-state index contributed by atoms with van der Waals surface area (Å²) < 4.78 is 1.64. The van der Waals surface area contributed by atoms with Gasteiger partial charge in [0.15, 0.2) is 0 Å². The maximum Gasteiger partial charge on any atom is 0.248 e. The van der Waals surface area contributed by atoms with Gasteiger partial charge in [-0.25, -0.2) is 0 Å². The molecule has 2 aliphatic rings. The SMILES string of the molecule is C[C@H](C(=O)N1CSC[C@@H]1C(=O)N1CCSCC1)n1cccn1. The Morgan fingerprint density at radius 2 is 2.05 bits per heavy atom. The zero-order chi connectivity index (χ0) is 15.5. The predicted octanol–water partition coefficient (Wildman–Crippen LogP) is 0.921. The number of aromatic nitrogens is 2. The summed E-state index contributed by atoms with van der Waals surface area (Å²) in [6.07, 6.45) is 3.45. The van der Waals surface area contributed by atoms with Gasteiger partial charge in [0.25, 0.3) is 0 Å². The fraction of sp³-hybridized carbons (Fsp3) is 0.643. The summed E-state index contributed by atoms with van der Waals surface area (Å²) in [7, 11) is 0. The first kappa shape index (κ1) is 15.7. The summed E-state index contributed by atoms with van der Waals surface area (Å²) in [6, 6.07) is 1.11. The van der Waals surface area contributed by atoms with Gasteiger partial charge in [0.2, 0.25) is 11.8 Å². The van der Waals surface area contributed by atoms with Gasteiger partial charge in [0.1, 0.15) is 12.1 Å². The summed E-state index contributed by atoms with van der Waals surface area (Å²) in [5, 5.41) is 4.13. The van der Waals surface area contributed by atoms with E-state index < -0.39 is 0 Å². The Morgan fingerprint density at radius 3 is 2.73 bits per heavy atom. The molecule has 2 fully saturated rings. The lowest BCUT2D eigenvalue weighted by Gasteiger charge is -2.32. The lowest BCUT2D eigenvalue weighted by atomic mass is 10.2. The Kier molecular flexibility index (Phi) is 4.97. The maximum atomic E-state index is 12.7. The fourth-order valence-electron chi connectivity index (χ4n) is 2.72. The standard InChI is InChI=1S/C14H20N4O2S2/c1-11(18-4-2-3-15-18)13(19)17-10-22-9-12(17)14(20)16-5-7-21-8-6-16/h2-4,11-12H,5-10H2,1H3/t11-,12-/m1/s1. The van der Waals surface area contributed by atoms with Crippen molar-refractivity contribution in [3.8, 4) is 0 Å².